The normalized spacial score (nSPS) is 22.4. The maximum Gasteiger partial charge on any atom is 0.0916 e. The average molecular weight is 276 g/mol. The zero-order valence-electron chi connectivity index (χ0n) is 12.6. The van der Waals surface area contributed by atoms with Crippen molar-refractivity contribution in [2.45, 2.75) is 45.1 Å². The van der Waals surface area contributed by atoms with Crippen molar-refractivity contribution in [2.75, 3.05) is 25.4 Å². The Morgan fingerprint density at radius 2 is 2.00 bits per heavy atom. The molecule has 1 aromatic carbocycles. The maximum atomic E-state index is 10.3. The van der Waals surface area contributed by atoms with Gasteiger partial charge in [0, 0.05) is 12.2 Å². The smallest absolute Gasteiger partial charge is 0.0916 e. The largest absolute Gasteiger partial charge is 0.399 e. The second kappa shape index (κ2) is 7.65. The highest BCUT2D eigenvalue weighted by Gasteiger charge is 2.19. The van der Waals surface area contributed by atoms with Crippen LogP contribution in [0.25, 0.3) is 0 Å². The molecule has 20 heavy (non-hydrogen) atoms. The van der Waals surface area contributed by atoms with E-state index in [1.807, 2.05) is 24.3 Å². The van der Waals surface area contributed by atoms with Gasteiger partial charge in [-0.15, -0.1) is 0 Å². The summed E-state index contributed by atoms with van der Waals surface area (Å²) in [5.41, 5.74) is 7.40. The van der Waals surface area contributed by atoms with E-state index >= 15 is 0 Å². The fraction of sp³-hybridized carbons (Fsp3) is 0.647. The molecule has 0 saturated carbocycles. The van der Waals surface area contributed by atoms with Crippen LogP contribution in [-0.2, 0) is 0 Å². The van der Waals surface area contributed by atoms with Gasteiger partial charge in [0.05, 0.1) is 6.10 Å². The Morgan fingerprint density at radius 3 is 2.70 bits per heavy atom. The van der Waals surface area contributed by atoms with E-state index in [0.717, 1.165) is 36.8 Å². The molecule has 3 N–H and O–H groups in total. The lowest BCUT2D eigenvalue weighted by atomic mass is 9.96. The van der Waals surface area contributed by atoms with Gasteiger partial charge >= 0.3 is 0 Å². The number of nitrogen functional groups attached to an aromatic ring is 1. The third kappa shape index (κ3) is 4.50. The first-order valence-corrected chi connectivity index (χ1v) is 7.95. The zero-order valence-corrected chi connectivity index (χ0v) is 12.6. The third-order valence-corrected chi connectivity index (χ3v) is 4.39. The molecule has 1 aromatic rings. The van der Waals surface area contributed by atoms with Crippen molar-refractivity contribution in [2.24, 2.45) is 5.92 Å². The summed E-state index contributed by atoms with van der Waals surface area (Å²) in [4.78, 5) is 2.41. The predicted molar refractivity (Wildman–Crippen MR) is 84.5 cm³/mol. The number of likely N-dealkylation sites (tertiary alicyclic amines) is 1. The molecule has 1 heterocycles. The summed E-state index contributed by atoms with van der Waals surface area (Å²) in [5, 5.41) is 10.3. The molecular formula is C17H28N2O. The van der Waals surface area contributed by atoms with Crippen molar-refractivity contribution in [3.8, 4) is 0 Å². The molecule has 0 spiro atoms. The number of nitrogens with zero attached hydrogens (tertiary/aromatic N) is 1. The first-order chi connectivity index (χ1) is 9.69. The van der Waals surface area contributed by atoms with Gasteiger partial charge in [-0.05, 0) is 56.0 Å². The number of benzene rings is 1. The van der Waals surface area contributed by atoms with Gasteiger partial charge in [-0.3, -0.25) is 0 Å². The van der Waals surface area contributed by atoms with Crippen molar-refractivity contribution >= 4 is 5.69 Å². The highest BCUT2D eigenvalue weighted by molar-refractivity contribution is 5.39. The standard InChI is InChI=1S/C17H28N2O/c1-2-4-14-5-3-11-19(12-10-14)13-17(20)15-6-8-16(18)9-7-15/h6-9,14,17,20H,2-5,10-13,18H2,1H3. The van der Waals surface area contributed by atoms with Crippen LogP contribution in [0.1, 0.15) is 50.7 Å². The predicted octanol–water partition coefficient (Wildman–Crippen LogP) is 3.20. The van der Waals surface area contributed by atoms with E-state index < -0.39 is 6.10 Å². The highest BCUT2D eigenvalue weighted by Crippen LogP contribution is 2.23. The number of hydrogen-bond acceptors (Lipinski definition) is 3. The van der Waals surface area contributed by atoms with E-state index in [1.165, 1.54) is 32.1 Å². The highest BCUT2D eigenvalue weighted by atomic mass is 16.3. The SMILES string of the molecule is CCCC1CCCN(CC(O)c2ccc(N)cc2)CC1. The van der Waals surface area contributed by atoms with Crippen LogP contribution in [0.2, 0.25) is 0 Å². The third-order valence-electron chi connectivity index (χ3n) is 4.39. The fourth-order valence-electron chi connectivity index (χ4n) is 3.17. The van der Waals surface area contributed by atoms with Gasteiger partial charge in [-0.25, -0.2) is 0 Å². The second-order valence-electron chi connectivity index (χ2n) is 6.07. The van der Waals surface area contributed by atoms with E-state index in [-0.39, 0.29) is 0 Å². The molecule has 3 heteroatoms. The lowest BCUT2D eigenvalue weighted by molar-refractivity contribution is 0.114. The first kappa shape index (κ1) is 15.3. The van der Waals surface area contributed by atoms with Gasteiger partial charge in [-0.1, -0.05) is 31.9 Å². The van der Waals surface area contributed by atoms with Crippen LogP contribution < -0.4 is 5.73 Å². The molecule has 1 aliphatic heterocycles. The monoisotopic (exact) mass is 276 g/mol. The van der Waals surface area contributed by atoms with Gasteiger partial charge in [0.25, 0.3) is 0 Å². The summed E-state index contributed by atoms with van der Waals surface area (Å²) in [7, 11) is 0. The topological polar surface area (TPSA) is 49.5 Å². The Hall–Kier alpha value is -1.06. The van der Waals surface area contributed by atoms with E-state index in [9.17, 15) is 5.11 Å². The molecule has 0 bridgehead atoms. The van der Waals surface area contributed by atoms with Crippen molar-refractivity contribution < 1.29 is 5.11 Å². The number of β-amino-alcohol motifs (C(OH)–C–C–N with tert-alkyl or cyclic N) is 1. The van der Waals surface area contributed by atoms with E-state index in [1.54, 1.807) is 0 Å². The summed E-state index contributed by atoms with van der Waals surface area (Å²) in [6.45, 7) is 5.25. The maximum absolute atomic E-state index is 10.3. The second-order valence-corrected chi connectivity index (χ2v) is 6.07. The van der Waals surface area contributed by atoms with Crippen LogP contribution >= 0.6 is 0 Å². The molecule has 1 aliphatic rings. The van der Waals surface area contributed by atoms with Gasteiger partial charge in [0.1, 0.15) is 0 Å². The number of nitrogens with two attached hydrogens (primary N) is 1. The molecule has 0 amide bonds. The minimum atomic E-state index is -0.404. The quantitative estimate of drug-likeness (QED) is 0.812. The summed E-state index contributed by atoms with van der Waals surface area (Å²) in [5.74, 6) is 0.888. The van der Waals surface area contributed by atoms with E-state index in [2.05, 4.69) is 11.8 Å². The summed E-state index contributed by atoms with van der Waals surface area (Å²) in [6, 6.07) is 7.58. The van der Waals surface area contributed by atoms with Gasteiger partial charge in [0.15, 0.2) is 0 Å². The molecule has 1 fully saturated rings. The van der Waals surface area contributed by atoms with Gasteiger partial charge in [0.2, 0.25) is 0 Å². The number of rotatable bonds is 5. The Bertz CT molecular complexity index is 390. The van der Waals surface area contributed by atoms with Crippen molar-refractivity contribution in [3.05, 3.63) is 29.8 Å². The number of anilines is 1. The van der Waals surface area contributed by atoms with Gasteiger partial charge < -0.3 is 15.7 Å². The summed E-state index contributed by atoms with van der Waals surface area (Å²) >= 11 is 0. The average Bonchev–Trinajstić information content (AvgIpc) is 2.66. The van der Waals surface area contributed by atoms with Crippen LogP contribution in [0.15, 0.2) is 24.3 Å². The first-order valence-electron chi connectivity index (χ1n) is 7.95. The number of aliphatic hydroxyl groups is 1. The Kier molecular flexibility index (Phi) is 5.86. The van der Waals surface area contributed by atoms with Crippen LogP contribution in [0.5, 0.6) is 0 Å². The lowest BCUT2D eigenvalue weighted by Crippen LogP contribution is -2.29. The fourth-order valence-corrected chi connectivity index (χ4v) is 3.17. The molecule has 1 saturated heterocycles. The van der Waals surface area contributed by atoms with Crippen molar-refractivity contribution in [1.82, 2.24) is 4.90 Å². The molecule has 2 unspecified atom stereocenters. The molecule has 112 valence electrons. The van der Waals surface area contributed by atoms with Crippen LogP contribution in [0.3, 0.4) is 0 Å². The Labute approximate surface area is 122 Å². The molecule has 2 atom stereocenters. The van der Waals surface area contributed by atoms with E-state index in [0.29, 0.717) is 0 Å². The molecule has 2 rings (SSSR count). The molecular weight excluding hydrogens is 248 g/mol. The molecule has 0 aromatic heterocycles. The van der Waals surface area contributed by atoms with E-state index in [4.69, 9.17) is 5.73 Å². The Morgan fingerprint density at radius 1 is 1.25 bits per heavy atom. The van der Waals surface area contributed by atoms with Crippen LogP contribution in [0, 0.1) is 5.92 Å². The number of hydrogen-bond donors (Lipinski definition) is 2. The molecule has 0 aliphatic carbocycles. The lowest BCUT2D eigenvalue weighted by Gasteiger charge is -2.23. The minimum absolute atomic E-state index is 0.404. The van der Waals surface area contributed by atoms with Gasteiger partial charge in [-0.2, -0.15) is 0 Å². The Balaban J connectivity index is 1.85. The van der Waals surface area contributed by atoms with Crippen LogP contribution in [-0.4, -0.2) is 29.6 Å². The minimum Gasteiger partial charge on any atom is -0.399 e. The summed E-state index contributed by atoms with van der Waals surface area (Å²) in [6.07, 6.45) is 6.13. The molecule has 0 radical (unpaired) electrons. The number of aliphatic hydroxyl groups excluding tert-OH is 1. The van der Waals surface area contributed by atoms with Crippen molar-refractivity contribution in [3.63, 3.8) is 0 Å². The summed E-state index contributed by atoms with van der Waals surface area (Å²) < 4.78 is 0. The van der Waals surface area contributed by atoms with Crippen molar-refractivity contribution in [1.29, 1.82) is 0 Å². The zero-order chi connectivity index (χ0) is 14.4. The van der Waals surface area contributed by atoms with Crippen LogP contribution in [0.4, 0.5) is 5.69 Å². The molecule has 3 nitrogen and oxygen atoms in total.